The highest BCUT2D eigenvalue weighted by Gasteiger charge is 2.34. The second-order valence-electron chi connectivity index (χ2n) is 8.58. The van der Waals surface area contributed by atoms with Crippen molar-refractivity contribution in [3.63, 3.8) is 0 Å². The van der Waals surface area contributed by atoms with Crippen LogP contribution in [0, 0.1) is 0 Å². The molecule has 1 aliphatic heterocycles. The SMILES string of the molecule is FC(F)(F)c1cc(-c2c3c(nc(C4CCCC4)c2C2=NN=NC2)CCCCC3)ccn1. The minimum Gasteiger partial charge on any atom is -0.257 e. The molecule has 5 rings (SSSR count). The van der Waals surface area contributed by atoms with Crippen LogP contribution in [0.2, 0.25) is 0 Å². The molecule has 1 saturated carbocycles. The molecule has 0 spiro atoms. The lowest BCUT2D eigenvalue weighted by Crippen LogP contribution is -2.17. The normalized spacial score (nSPS) is 19.4. The molecule has 0 radical (unpaired) electrons. The van der Waals surface area contributed by atoms with Crippen LogP contribution in [-0.2, 0) is 19.0 Å². The molecule has 8 heteroatoms. The average Bonchev–Trinajstić information content (AvgIpc) is 3.43. The highest BCUT2D eigenvalue weighted by atomic mass is 19.4. The molecule has 162 valence electrons. The molecular weight excluding hydrogens is 403 g/mol. The molecule has 0 atom stereocenters. The van der Waals surface area contributed by atoms with Gasteiger partial charge in [-0.25, -0.2) is 0 Å². The Morgan fingerprint density at radius 3 is 2.48 bits per heavy atom. The van der Waals surface area contributed by atoms with Crippen molar-refractivity contribution in [3.05, 3.63) is 46.5 Å². The fourth-order valence-corrected chi connectivity index (χ4v) is 5.13. The van der Waals surface area contributed by atoms with Crippen LogP contribution in [0.5, 0.6) is 0 Å². The Bertz CT molecular complexity index is 1050. The molecule has 0 amide bonds. The Hall–Kier alpha value is -2.64. The predicted molar refractivity (Wildman–Crippen MR) is 111 cm³/mol. The van der Waals surface area contributed by atoms with E-state index in [1.807, 2.05) is 0 Å². The number of alkyl halides is 3. The summed E-state index contributed by atoms with van der Waals surface area (Å²) in [5, 5.41) is 12.1. The molecule has 0 aromatic carbocycles. The molecule has 0 bridgehead atoms. The third-order valence-corrected chi connectivity index (χ3v) is 6.57. The Morgan fingerprint density at radius 1 is 0.935 bits per heavy atom. The van der Waals surface area contributed by atoms with Crippen LogP contribution < -0.4 is 0 Å². The summed E-state index contributed by atoms with van der Waals surface area (Å²) in [5.41, 5.74) is 5.14. The second kappa shape index (κ2) is 8.13. The molecule has 3 heterocycles. The Morgan fingerprint density at radius 2 is 1.74 bits per heavy atom. The third-order valence-electron chi connectivity index (χ3n) is 6.57. The van der Waals surface area contributed by atoms with Gasteiger partial charge in [0.25, 0.3) is 0 Å². The van der Waals surface area contributed by atoms with E-state index in [4.69, 9.17) is 4.98 Å². The number of nitrogens with zero attached hydrogens (tertiary/aromatic N) is 5. The molecule has 5 nitrogen and oxygen atoms in total. The van der Waals surface area contributed by atoms with Gasteiger partial charge in [0.1, 0.15) is 12.2 Å². The van der Waals surface area contributed by atoms with E-state index in [-0.39, 0.29) is 0 Å². The summed E-state index contributed by atoms with van der Waals surface area (Å²) in [6.07, 6.45) is 5.96. The lowest BCUT2D eigenvalue weighted by atomic mass is 9.84. The Balaban J connectivity index is 1.80. The zero-order chi connectivity index (χ0) is 21.4. The van der Waals surface area contributed by atoms with E-state index >= 15 is 0 Å². The number of fused-ring (bicyclic) bond motifs is 1. The molecule has 3 aliphatic rings. The van der Waals surface area contributed by atoms with Crippen LogP contribution in [0.15, 0.2) is 33.8 Å². The predicted octanol–water partition coefficient (Wildman–Crippen LogP) is 6.26. The summed E-state index contributed by atoms with van der Waals surface area (Å²) >= 11 is 0. The van der Waals surface area contributed by atoms with Crippen LogP contribution >= 0.6 is 0 Å². The second-order valence-corrected chi connectivity index (χ2v) is 8.58. The van der Waals surface area contributed by atoms with Gasteiger partial charge in [0.2, 0.25) is 0 Å². The minimum absolute atomic E-state index is 0.300. The molecule has 0 unspecified atom stereocenters. The van der Waals surface area contributed by atoms with Gasteiger partial charge in [0, 0.05) is 23.4 Å². The summed E-state index contributed by atoms with van der Waals surface area (Å²) in [4.78, 5) is 8.74. The maximum Gasteiger partial charge on any atom is 0.433 e. The maximum absolute atomic E-state index is 13.5. The molecule has 2 aromatic heterocycles. The van der Waals surface area contributed by atoms with E-state index in [0.29, 0.717) is 23.7 Å². The van der Waals surface area contributed by atoms with Gasteiger partial charge >= 0.3 is 6.18 Å². The van der Waals surface area contributed by atoms with Crippen molar-refractivity contribution in [2.45, 2.75) is 69.9 Å². The van der Waals surface area contributed by atoms with Crippen molar-refractivity contribution in [2.75, 3.05) is 6.54 Å². The zero-order valence-corrected chi connectivity index (χ0v) is 17.3. The summed E-state index contributed by atoms with van der Waals surface area (Å²) in [5.74, 6) is 0.300. The van der Waals surface area contributed by atoms with Gasteiger partial charge < -0.3 is 0 Å². The number of rotatable bonds is 3. The van der Waals surface area contributed by atoms with Crippen molar-refractivity contribution in [3.8, 4) is 11.1 Å². The van der Waals surface area contributed by atoms with Gasteiger partial charge in [0.05, 0.1) is 11.4 Å². The maximum atomic E-state index is 13.5. The van der Waals surface area contributed by atoms with E-state index in [1.165, 1.54) is 12.3 Å². The summed E-state index contributed by atoms with van der Waals surface area (Å²) in [6, 6.07) is 2.85. The first kappa shape index (κ1) is 20.3. The summed E-state index contributed by atoms with van der Waals surface area (Å²) < 4.78 is 40.5. The number of halogens is 3. The summed E-state index contributed by atoms with van der Waals surface area (Å²) in [7, 11) is 0. The van der Waals surface area contributed by atoms with Gasteiger partial charge in [-0.1, -0.05) is 19.3 Å². The van der Waals surface area contributed by atoms with Crippen LogP contribution in [0.4, 0.5) is 13.2 Å². The van der Waals surface area contributed by atoms with Gasteiger partial charge in [-0.3, -0.25) is 9.97 Å². The Kier molecular flexibility index (Phi) is 5.32. The number of aryl methyl sites for hydroxylation is 1. The first-order valence-electron chi connectivity index (χ1n) is 11.1. The van der Waals surface area contributed by atoms with Gasteiger partial charge in [-0.15, -0.1) is 5.10 Å². The number of pyridine rings is 2. The van der Waals surface area contributed by atoms with E-state index in [0.717, 1.165) is 85.9 Å². The van der Waals surface area contributed by atoms with Crippen molar-refractivity contribution >= 4 is 5.71 Å². The molecule has 31 heavy (non-hydrogen) atoms. The molecular formula is C23H24F3N5. The largest absolute Gasteiger partial charge is 0.433 e. The van der Waals surface area contributed by atoms with Crippen molar-refractivity contribution in [1.29, 1.82) is 0 Å². The smallest absolute Gasteiger partial charge is 0.257 e. The molecule has 2 aromatic rings. The lowest BCUT2D eigenvalue weighted by Gasteiger charge is -2.23. The number of hydrogen-bond donors (Lipinski definition) is 0. The topological polar surface area (TPSA) is 62.9 Å². The van der Waals surface area contributed by atoms with E-state index in [1.54, 1.807) is 6.07 Å². The standard InChI is InChI=1S/C23H24F3N5/c24-23(25,26)19-12-15(10-11-27-19)20-16-8-2-1-3-9-17(16)29-22(14-6-4-5-7-14)21(20)18-13-28-31-30-18/h10-12,14H,1-9,13H2. The monoisotopic (exact) mass is 427 g/mol. The van der Waals surface area contributed by atoms with E-state index in [2.05, 4.69) is 20.4 Å². The first-order valence-corrected chi connectivity index (χ1v) is 11.1. The molecule has 0 saturated heterocycles. The fourth-order valence-electron chi connectivity index (χ4n) is 5.13. The number of hydrogen-bond acceptors (Lipinski definition) is 5. The van der Waals surface area contributed by atoms with E-state index in [9.17, 15) is 13.2 Å². The minimum atomic E-state index is -4.50. The summed E-state index contributed by atoms with van der Waals surface area (Å²) in [6.45, 7) is 0.338. The zero-order valence-electron chi connectivity index (χ0n) is 17.3. The van der Waals surface area contributed by atoms with Crippen molar-refractivity contribution in [2.24, 2.45) is 15.4 Å². The van der Waals surface area contributed by atoms with Crippen LogP contribution in [0.25, 0.3) is 11.1 Å². The number of aromatic nitrogens is 2. The van der Waals surface area contributed by atoms with Crippen molar-refractivity contribution < 1.29 is 13.2 Å². The lowest BCUT2D eigenvalue weighted by molar-refractivity contribution is -0.141. The van der Waals surface area contributed by atoms with E-state index < -0.39 is 11.9 Å². The third kappa shape index (κ3) is 3.88. The van der Waals surface area contributed by atoms with Crippen LogP contribution in [0.1, 0.15) is 79.1 Å². The highest BCUT2D eigenvalue weighted by molar-refractivity contribution is 6.09. The quantitative estimate of drug-likeness (QED) is 0.543. The first-order chi connectivity index (χ1) is 15.0. The van der Waals surface area contributed by atoms with Gasteiger partial charge in [-0.05, 0) is 72.6 Å². The van der Waals surface area contributed by atoms with Crippen LogP contribution in [-0.4, -0.2) is 22.2 Å². The molecule has 0 N–H and O–H groups in total. The molecule has 1 fully saturated rings. The average molecular weight is 427 g/mol. The van der Waals surface area contributed by atoms with Gasteiger partial charge in [-0.2, -0.15) is 18.3 Å². The fraction of sp³-hybridized carbons (Fsp3) is 0.522. The van der Waals surface area contributed by atoms with Crippen LogP contribution in [0.3, 0.4) is 0 Å². The highest BCUT2D eigenvalue weighted by Crippen LogP contribution is 2.43. The Labute approximate surface area is 178 Å². The molecule has 2 aliphatic carbocycles. The van der Waals surface area contributed by atoms with Gasteiger partial charge in [0.15, 0.2) is 0 Å². The van der Waals surface area contributed by atoms with Crippen molar-refractivity contribution in [1.82, 2.24) is 9.97 Å².